The summed E-state index contributed by atoms with van der Waals surface area (Å²) in [7, 11) is -1.37. The third kappa shape index (κ3) is 6.67. The fourth-order valence-corrected chi connectivity index (χ4v) is 4.78. The summed E-state index contributed by atoms with van der Waals surface area (Å²) in [6.45, 7) is 7.20. The summed E-state index contributed by atoms with van der Waals surface area (Å²) in [5.74, 6) is 2.42. The molecule has 3 aromatic rings. The van der Waals surface area contributed by atoms with Crippen LogP contribution in [0.4, 0.5) is 0 Å². The summed E-state index contributed by atoms with van der Waals surface area (Å²) in [4.78, 5) is 17.6. The van der Waals surface area contributed by atoms with Gasteiger partial charge in [0.05, 0.1) is 29.5 Å². The fourth-order valence-electron chi connectivity index (χ4n) is 3.07. The number of aryl methyl sites for hydroxylation is 1. The molecule has 0 unspecified atom stereocenters. The topological polar surface area (TPSA) is 90.7 Å². The number of thiophene rings is 1. The third-order valence-corrected chi connectivity index (χ3v) is 6.60. The van der Waals surface area contributed by atoms with Crippen LogP contribution < -0.4 is 14.8 Å². The van der Waals surface area contributed by atoms with Gasteiger partial charge in [0.25, 0.3) is 0 Å². The molecule has 1 atom stereocenters. The Hall–Kier alpha value is -2.65. The Bertz CT molecular complexity index is 1050. The number of hydrogen-bond acceptors (Lipinski definition) is 7. The van der Waals surface area contributed by atoms with Gasteiger partial charge in [-0.3, -0.25) is 9.00 Å². The highest BCUT2D eigenvalue weighted by molar-refractivity contribution is 7.84. The molecule has 32 heavy (non-hydrogen) atoms. The number of oxazole rings is 1. The molecule has 3 rings (SSSR count). The molecule has 2 aromatic heterocycles. The highest BCUT2D eigenvalue weighted by Crippen LogP contribution is 2.29. The fraction of sp³-hybridized carbons (Fsp3) is 0.391. The number of ether oxygens (including phenoxy) is 2. The smallest absolute Gasteiger partial charge is 0.236 e. The lowest BCUT2D eigenvalue weighted by Gasteiger charge is -2.12. The largest absolute Gasteiger partial charge is 0.490 e. The second kappa shape index (κ2) is 11.8. The van der Waals surface area contributed by atoms with Crippen LogP contribution in [0, 0.1) is 6.92 Å². The Kier molecular flexibility index (Phi) is 8.87. The number of benzene rings is 1. The first-order chi connectivity index (χ1) is 15.5. The molecule has 1 amide bonds. The van der Waals surface area contributed by atoms with E-state index in [2.05, 4.69) is 10.3 Å². The van der Waals surface area contributed by atoms with Crippen molar-refractivity contribution in [2.75, 3.05) is 25.5 Å². The van der Waals surface area contributed by atoms with Crippen LogP contribution in [0.25, 0.3) is 10.8 Å². The lowest BCUT2D eigenvalue weighted by molar-refractivity contribution is -0.118. The lowest BCUT2D eigenvalue weighted by Crippen LogP contribution is -2.30. The molecule has 0 radical (unpaired) electrons. The Morgan fingerprint density at radius 2 is 1.97 bits per heavy atom. The highest BCUT2D eigenvalue weighted by atomic mass is 32.2. The van der Waals surface area contributed by atoms with Crippen molar-refractivity contribution in [1.29, 1.82) is 0 Å². The number of hydrogen-bond donors (Lipinski definition) is 1. The molecular formula is C23H28N2O5S2. The predicted molar refractivity (Wildman–Crippen MR) is 127 cm³/mol. The molecule has 7 nitrogen and oxygen atoms in total. The van der Waals surface area contributed by atoms with Crippen LogP contribution in [0.2, 0.25) is 0 Å². The number of carbonyl (C=O) groups is 1. The molecule has 172 valence electrons. The molecule has 0 saturated carbocycles. The molecule has 0 spiro atoms. The standard InChI is InChI=1S/C23H28N2O5S2/c1-4-28-19-9-8-17(13-20(19)29-5-2)10-11-24-22(26)15-32(27)14-18-16(3)30-23(25-18)21-7-6-12-31-21/h6-9,12-13H,4-5,10-11,14-15H2,1-3H3,(H,24,26)/t32-/m0/s1. The van der Waals surface area contributed by atoms with Gasteiger partial charge in [-0.1, -0.05) is 12.1 Å². The molecule has 0 fully saturated rings. The van der Waals surface area contributed by atoms with Crippen molar-refractivity contribution in [3.63, 3.8) is 0 Å². The Morgan fingerprint density at radius 1 is 1.19 bits per heavy atom. The van der Waals surface area contributed by atoms with E-state index in [1.807, 2.05) is 49.6 Å². The van der Waals surface area contributed by atoms with Gasteiger partial charge in [0.1, 0.15) is 11.5 Å². The second-order valence-electron chi connectivity index (χ2n) is 6.97. The molecule has 0 aliphatic carbocycles. The predicted octanol–water partition coefficient (Wildman–Crippen LogP) is 4.12. The first-order valence-electron chi connectivity index (χ1n) is 10.5. The minimum Gasteiger partial charge on any atom is -0.490 e. The highest BCUT2D eigenvalue weighted by Gasteiger charge is 2.16. The van der Waals surface area contributed by atoms with Crippen LogP contribution in [-0.2, 0) is 27.8 Å². The van der Waals surface area contributed by atoms with E-state index in [1.54, 1.807) is 6.92 Å². The van der Waals surface area contributed by atoms with Gasteiger partial charge in [-0.25, -0.2) is 4.98 Å². The maximum absolute atomic E-state index is 12.5. The van der Waals surface area contributed by atoms with E-state index in [-0.39, 0.29) is 17.4 Å². The van der Waals surface area contributed by atoms with Gasteiger partial charge in [-0.15, -0.1) is 11.3 Å². The molecule has 0 aliphatic heterocycles. The number of rotatable bonds is 12. The van der Waals surface area contributed by atoms with Gasteiger partial charge in [0, 0.05) is 17.3 Å². The zero-order valence-electron chi connectivity index (χ0n) is 18.5. The van der Waals surface area contributed by atoms with E-state index in [1.165, 1.54) is 11.3 Å². The number of carbonyl (C=O) groups excluding carboxylic acids is 1. The Balaban J connectivity index is 1.47. The molecule has 0 saturated heterocycles. The average Bonchev–Trinajstić information content (AvgIpc) is 3.40. The van der Waals surface area contributed by atoms with Crippen molar-refractivity contribution in [1.82, 2.24) is 10.3 Å². The first kappa shape index (κ1) is 24.0. The Labute approximate surface area is 194 Å². The monoisotopic (exact) mass is 476 g/mol. The zero-order chi connectivity index (χ0) is 22.9. The number of nitrogens with one attached hydrogen (secondary N) is 1. The van der Waals surface area contributed by atoms with E-state index in [0.29, 0.717) is 55.0 Å². The normalized spacial score (nSPS) is 11.8. The van der Waals surface area contributed by atoms with Crippen molar-refractivity contribution in [3.8, 4) is 22.3 Å². The van der Waals surface area contributed by atoms with E-state index in [4.69, 9.17) is 13.9 Å². The lowest BCUT2D eigenvalue weighted by atomic mass is 10.1. The van der Waals surface area contributed by atoms with Gasteiger partial charge in [0.15, 0.2) is 11.5 Å². The van der Waals surface area contributed by atoms with Crippen molar-refractivity contribution < 1.29 is 22.9 Å². The van der Waals surface area contributed by atoms with Crippen LogP contribution in [0.1, 0.15) is 30.9 Å². The molecule has 0 aliphatic rings. The Morgan fingerprint density at radius 3 is 2.69 bits per heavy atom. The summed E-state index contributed by atoms with van der Waals surface area (Å²) < 4.78 is 29.3. The summed E-state index contributed by atoms with van der Waals surface area (Å²) >= 11 is 1.53. The van der Waals surface area contributed by atoms with Gasteiger partial charge >= 0.3 is 0 Å². The van der Waals surface area contributed by atoms with Crippen molar-refractivity contribution in [2.45, 2.75) is 32.9 Å². The average molecular weight is 477 g/mol. The maximum atomic E-state index is 12.5. The van der Waals surface area contributed by atoms with Crippen LogP contribution in [0.5, 0.6) is 11.5 Å². The van der Waals surface area contributed by atoms with Gasteiger partial charge in [-0.05, 0) is 56.3 Å². The van der Waals surface area contributed by atoms with E-state index < -0.39 is 10.8 Å². The quantitative estimate of drug-likeness (QED) is 0.423. The van der Waals surface area contributed by atoms with Crippen LogP contribution in [-0.4, -0.2) is 40.6 Å². The van der Waals surface area contributed by atoms with E-state index in [0.717, 1.165) is 10.4 Å². The number of nitrogens with zero attached hydrogens (tertiary/aromatic N) is 1. The zero-order valence-corrected chi connectivity index (χ0v) is 20.1. The molecule has 9 heteroatoms. The van der Waals surface area contributed by atoms with Crippen LogP contribution in [0.3, 0.4) is 0 Å². The first-order valence-corrected chi connectivity index (χ1v) is 12.9. The summed E-state index contributed by atoms with van der Waals surface area (Å²) in [5, 5.41) is 4.78. The molecule has 0 bridgehead atoms. The second-order valence-corrected chi connectivity index (χ2v) is 9.38. The van der Waals surface area contributed by atoms with Crippen molar-refractivity contribution in [3.05, 3.63) is 52.7 Å². The van der Waals surface area contributed by atoms with Gasteiger partial charge in [0.2, 0.25) is 11.8 Å². The van der Waals surface area contributed by atoms with E-state index >= 15 is 0 Å². The molecule has 1 N–H and O–H groups in total. The van der Waals surface area contributed by atoms with Crippen molar-refractivity contribution in [2.24, 2.45) is 0 Å². The van der Waals surface area contributed by atoms with Gasteiger partial charge < -0.3 is 19.2 Å². The molecule has 2 heterocycles. The minimum absolute atomic E-state index is 0.0753. The summed E-state index contributed by atoms with van der Waals surface area (Å²) in [6, 6.07) is 9.61. The molecule has 1 aromatic carbocycles. The third-order valence-electron chi connectivity index (χ3n) is 4.56. The SMILES string of the molecule is CCOc1ccc(CCNC(=O)C[S@@](=O)Cc2nc(-c3cccs3)oc2C)cc1OCC. The van der Waals surface area contributed by atoms with Crippen molar-refractivity contribution >= 4 is 28.0 Å². The number of aromatic nitrogens is 1. The number of amides is 1. The summed E-state index contributed by atoms with van der Waals surface area (Å²) in [6.07, 6.45) is 0.636. The van der Waals surface area contributed by atoms with Crippen LogP contribution >= 0.6 is 11.3 Å². The van der Waals surface area contributed by atoms with Gasteiger partial charge in [-0.2, -0.15) is 0 Å². The summed E-state index contributed by atoms with van der Waals surface area (Å²) in [5.41, 5.74) is 1.65. The van der Waals surface area contributed by atoms with Crippen LogP contribution in [0.15, 0.2) is 40.1 Å². The maximum Gasteiger partial charge on any atom is 0.236 e. The minimum atomic E-state index is -1.37. The molecular weight excluding hydrogens is 448 g/mol. The van der Waals surface area contributed by atoms with E-state index in [9.17, 15) is 9.00 Å².